The monoisotopic (exact) mass is 425 g/mol. The first kappa shape index (κ1) is 19.6. The predicted molar refractivity (Wildman–Crippen MR) is 118 cm³/mol. The highest BCUT2D eigenvalue weighted by Crippen LogP contribution is 2.41. The molecule has 0 aliphatic carbocycles. The fraction of sp³-hybridized carbons (Fsp3) is 0.0800. The molecule has 5 rings (SSSR count). The number of aliphatic hydroxyl groups is 1. The predicted octanol–water partition coefficient (Wildman–Crippen LogP) is 3.89. The number of para-hydroxylation sites is 1. The largest absolute Gasteiger partial charge is 0.508 e. The smallest absolute Gasteiger partial charge is 0.295 e. The minimum Gasteiger partial charge on any atom is -0.508 e. The number of H-pyrrole nitrogens is 1. The number of pyridine rings is 1. The van der Waals surface area contributed by atoms with Crippen LogP contribution in [0.15, 0.2) is 84.8 Å². The number of aliphatic hydroxyl groups excluding tert-OH is 1. The van der Waals surface area contributed by atoms with E-state index in [9.17, 15) is 19.8 Å². The third kappa shape index (κ3) is 3.20. The molecule has 32 heavy (non-hydrogen) atoms. The molecule has 1 aliphatic rings. The quantitative estimate of drug-likeness (QED) is 0.261. The summed E-state index contributed by atoms with van der Waals surface area (Å²) < 4.78 is 0. The van der Waals surface area contributed by atoms with Crippen LogP contribution in [0.1, 0.15) is 22.7 Å². The van der Waals surface area contributed by atoms with Crippen molar-refractivity contribution < 1.29 is 19.8 Å². The Hall–Kier alpha value is -4.39. The van der Waals surface area contributed by atoms with Crippen LogP contribution in [0.2, 0.25) is 0 Å². The van der Waals surface area contributed by atoms with E-state index < -0.39 is 17.7 Å². The summed E-state index contributed by atoms with van der Waals surface area (Å²) in [6.07, 6.45) is 4.85. The zero-order valence-electron chi connectivity index (χ0n) is 16.9. The summed E-state index contributed by atoms with van der Waals surface area (Å²) in [5.74, 6) is -1.73. The topological polar surface area (TPSA) is 107 Å². The summed E-state index contributed by atoms with van der Waals surface area (Å²) in [6.45, 7) is 0.151. The van der Waals surface area contributed by atoms with E-state index >= 15 is 0 Å². The number of likely N-dealkylation sites (tertiary alicyclic amines) is 1. The lowest BCUT2D eigenvalue weighted by Crippen LogP contribution is -2.29. The Morgan fingerprint density at radius 3 is 2.59 bits per heavy atom. The van der Waals surface area contributed by atoms with Gasteiger partial charge >= 0.3 is 0 Å². The number of nitrogens with one attached hydrogen (secondary N) is 1. The Balaban J connectivity index is 1.70. The van der Waals surface area contributed by atoms with Gasteiger partial charge in [0.15, 0.2) is 0 Å². The number of carbonyl (C=O) groups excluding carboxylic acids is 2. The second-order valence-corrected chi connectivity index (χ2v) is 7.63. The average Bonchev–Trinajstić information content (AvgIpc) is 3.34. The molecule has 7 nitrogen and oxygen atoms in total. The molecule has 1 unspecified atom stereocenters. The number of rotatable bonds is 4. The molecule has 1 atom stereocenters. The molecule has 4 aromatic rings. The molecule has 3 N–H and O–H groups in total. The number of carbonyl (C=O) groups is 2. The number of hydrogen-bond acceptors (Lipinski definition) is 5. The SMILES string of the molecule is O=C1C(=O)N(Cc2ccncc2)C(c2cccc(O)c2)/C1=C(/O)c1c[nH]c2ccccc12. The first-order valence-corrected chi connectivity index (χ1v) is 10.1. The third-order valence-corrected chi connectivity index (χ3v) is 5.67. The van der Waals surface area contributed by atoms with Gasteiger partial charge in [0.25, 0.3) is 11.7 Å². The van der Waals surface area contributed by atoms with Gasteiger partial charge in [-0.2, -0.15) is 0 Å². The van der Waals surface area contributed by atoms with E-state index in [4.69, 9.17) is 0 Å². The van der Waals surface area contributed by atoms with Crippen molar-refractivity contribution in [3.63, 3.8) is 0 Å². The molecule has 2 aromatic carbocycles. The number of amides is 1. The van der Waals surface area contributed by atoms with Crippen molar-refractivity contribution in [3.05, 3.63) is 102 Å². The fourth-order valence-corrected chi connectivity index (χ4v) is 4.18. The van der Waals surface area contributed by atoms with Crippen LogP contribution in [0.3, 0.4) is 0 Å². The highest BCUT2D eigenvalue weighted by molar-refractivity contribution is 6.46. The summed E-state index contributed by atoms with van der Waals surface area (Å²) >= 11 is 0. The van der Waals surface area contributed by atoms with Crippen LogP contribution in [0, 0.1) is 0 Å². The van der Waals surface area contributed by atoms with Crippen LogP contribution in [0.25, 0.3) is 16.7 Å². The number of aromatic amines is 1. The average molecular weight is 425 g/mol. The number of Topliss-reactive ketones (excluding diaryl/α,β-unsaturated/α-hetero) is 1. The molecule has 1 saturated heterocycles. The van der Waals surface area contributed by atoms with Gasteiger partial charge in [-0.05, 0) is 41.5 Å². The number of ketones is 1. The summed E-state index contributed by atoms with van der Waals surface area (Å²) in [5, 5.41) is 22.1. The number of aromatic nitrogens is 2. The van der Waals surface area contributed by atoms with Crippen molar-refractivity contribution in [1.82, 2.24) is 14.9 Å². The van der Waals surface area contributed by atoms with Crippen LogP contribution in [-0.4, -0.2) is 36.8 Å². The van der Waals surface area contributed by atoms with E-state index in [2.05, 4.69) is 9.97 Å². The Morgan fingerprint density at radius 1 is 1.03 bits per heavy atom. The van der Waals surface area contributed by atoms with Gasteiger partial charge in [0.2, 0.25) is 0 Å². The Kier molecular flexibility index (Phi) is 4.71. The lowest BCUT2D eigenvalue weighted by molar-refractivity contribution is -0.140. The molecule has 7 heteroatoms. The van der Waals surface area contributed by atoms with Gasteiger partial charge in [-0.15, -0.1) is 0 Å². The van der Waals surface area contributed by atoms with E-state index in [0.717, 1.165) is 16.5 Å². The molecule has 1 amide bonds. The minimum absolute atomic E-state index is 0.00379. The standard InChI is InChI=1S/C25H19N3O4/c29-17-5-3-4-16(12-17)22-21(23(30)19-13-27-20-7-2-1-6-18(19)20)24(31)25(32)28(22)14-15-8-10-26-11-9-15/h1-13,22,27,29-30H,14H2/b23-21-. The summed E-state index contributed by atoms with van der Waals surface area (Å²) in [6, 6.07) is 16.4. The Bertz CT molecular complexity index is 1370. The van der Waals surface area contributed by atoms with Crippen molar-refractivity contribution in [3.8, 4) is 5.75 Å². The highest BCUT2D eigenvalue weighted by Gasteiger charge is 2.46. The van der Waals surface area contributed by atoms with Gasteiger partial charge in [-0.3, -0.25) is 14.6 Å². The lowest BCUT2D eigenvalue weighted by Gasteiger charge is -2.25. The fourth-order valence-electron chi connectivity index (χ4n) is 4.18. The van der Waals surface area contributed by atoms with Gasteiger partial charge in [0.1, 0.15) is 11.5 Å². The number of hydrogen-bond donors (Lipinski definition) is 3. The molecular weight excluding hydrogens is 406 g/mol. The van der Waals surface area contributed by atoms with Gasteiger partial charge in [0.05, 0.1) is 11.6 Å². The number of phenolic OH excluding ortho intramolecular Hbond substituents is 1. The van der Waals surface area contributed by atoms with Crippen LogP contribution >= 0.6 is 0 Å². The molecule has 158 valence electrons. The molecule has 0 spiro atoms. The second kappa shape index (κ2) is 7.70. The van der Waals surface area contributed by atoms with E-state index in [0.29, 0.717) is 11.1 Å². The second-order valence-electron chi connectivity index (χ2n) is 7.63. The minimum atomic E-state index is -0.857. The molecule has 1 fully saturated rings. The van der Waals surface area contributed by atoms with Gasteiger partial charge in [-0.1, -0.05) is 30.3 Å². The normalized spacial score (nSPS) is 17.9. The first-order chi connectivity index (χ1) is 15.5. The number of nitrogens with zero attached hydrogens (tertiary/aromatic N) is 2. The number of phenols is 1. The maximum Gasteiger partial charge on any atom is 0.295 e. The number of fused-ring (bicyclic) bond motifs is 1. The van der Waals surface area contributed by atoms with E-state index in [-0.39, 0.29) is 23.6 Å². The van der Waals surface area contributed by atoms with Crippen molar-refractivity contribution in [1.29, 1.82) is 0 Å². The van der Waals surface area contributed by atoms with Crippen LogP contribution in [-0.2, 0) is 16.1 Å². The third-order valence-electron chi connectivity index (χ3n) is 5.67. The van der Waals surface area contributed by atoms with E-state index in [1.165, 1.54) is 17.0 Å². The summed E-state index contributed by atoms with van der Waals surface area (Å²) in [7, 11) is 0. The molecule has 0 saturated carbocycles. The van der Waals surface area contributed by atoms with Crippen molar-refractivity contribution in [2.24, 2.45) is 0 Å². The first-order valence-electron chi connectivity index (χ1n) is 10.1. The molecule has 0 bridgehead atoms. The van der Waals surface area contributed by atoms with E-state index in [1.807, 2.05) is 24.3 Å². The van der Waals surface area contributed by atoms with Gasteiger partial charge in [-0.25, -0.2) is 0 Å². The van der Waals surface area contributed by atoms with Crippen molar-refractivity contribution >= 4 is 28.4 Å². The molecule has 0 radical (unpaired) electrons. The lowest BCUT2D eigenvalue weighted by atomic mass is 9.95. The van der Waals surface area contributed by atoms with Crippen LogP contribution in [0.4, 0.5) is 0 Å². The zero-order valence-corrected chi connectivity index (χ0v) is 16.9. The van der Waals surface area contributed by atoms with Crippen molar-refractivity contribution in [2.75, 3.05) is 0 Å². The van der Waals surface area contributed by atoms with E-state index in [1.54, 1.807) is 42.9 Å². The molecule has 3 heterocycles. The summed E-state index contributed by atoms with van der Waals surface area (Å²) in [5.41, 5.74) is 2.54. The van der Waals surface area contributed by atoms with Gasteiger partial charge < -0.3 is 20.1 Å². The Morgan fingerprint density at radius 2 is 1.81 bits per heavy atom. The molecule has 2 aromatic heterocycles. The number of aromatic hydroxyl groups is 1. The van der Waals surface area contributed by atoms with Crippen molar-refractivity contribution in [2.45, 2.75) is 12.6 Å². The Labute approximate surface area is 183 Å². The highest BCUT2D eigenvalue weighted by atomic mass is 16.3. The van der Waals surface area contributed by atoms with Gasteiger partial charge in [0, 0.05) is 41.6 Å². The maximum atomic E-state index is 13.2. The molecule has 1 aliphatic heterocycles. The zero-order chi connectivity index (χ0) is 22.2. The maximum absolute atomic E-state index is 13.2. The van der Waals surface area contributed by atoms with Crippen LogP contribution < -0.4 is 0 Å². The number of benzene rings is 2. The summed E-state index contributed by atoms with van der Waals surface area (Å²) in [4.78, 5) is 34.7. The van der Waals surface area contributed by atoms with Crippen LogP contribution in [0.5, 0.6) is 5.75 Å². The molecular formula is C25H19N3O4.